The molecule has 2 atom stereocenters. The molecule has 0 aromatic heterocycles. The number of esters is 1. The van der Waals surface area contributed by atoms with Crippen molar-refractivity contribution in [3.8, 4) is 0 Å². The molecule has 0 radical (unpaired) electrons. The van der Waals surface area contributed by atoms with E-state index in [1.54, 1.807) is 18.2 Å². The number of carbonyl (C=O) groups excluding carboxylic acids is 1. The highest BCUT2D eigenvalue weighted by atomic mass is 32.2. The summed E-state index contributed by atoms with van der Waals surface area (Å²) in [5.74, 6) is -0.374. The number of hydrogen-bond acceptors (Lipinski definition) is 5. The molecule has 0 aliphatic carbocycles. The minimum atomic E-state index is -3.31. The summed E-state index contributed by atoms with van der Waals surface area (Å²) < 4.78 is 28.5. The summed E-state index contributed by atoms with van der Waals surface area (Å²) >= 11 is 0. The Bertz CT molecular complexity index is 609. The first kappa shape index (κ1) is 14.0. The lowest BCUT2D eigenvalue weighted by atomic mass is 9.87. The fourth-order valence-corrected chi connectivity index (χ4v) is 3.54. The lowest BCUT2D eigenvalue weighted by Crippen LogP contribution is -2.38. The second-order valence-electron chi connectivity index (χ2n) is 4.80. The topological polar surface area (TPSA) is 72.5 Å². The lowest BCUT2D eigenvalue weighted by Gasteiger charge is -2.30. The summed E-state index contributed by atoms with van der Waals surface area (Å²) in [5, 5.41) is 3.09. The van der Waals surface area contributed by atoms with Gasteiger partial charge in [0.05, 0.1) is 12.0 Å². The second kappa shape index (κ2) is 4.94. The highest BCUT2D eigenvalue weighted by Crippen LogP contribution is 2.35. The predicted molar refractivity (Wildman–Crippen MR) is 70.7 cm³/mol. The molecule has 5 nitrogen and oxygen atoms in total. The fourth-order valence-electron chi connectivity index (χ4n) is 2.50. The van der Waals surface area contributed by atoms with Crippen molar-refractivity contribution in [1.82, 2.24) is 5.32 Å². The Morgan fingerprint density at radius 2 is 2.11 bits per heavy atom. The second-order valence-corrected chi connectivity index (χ2v) is 6.78. The number of nitrogens with one attached hydrogen (secondary N) is 1. The largest absolute Gasteiger partial charge is 0.468 e. The molecule has 104 valence electrons. The van der Waals surface area contributed by atoms with Crippen molar-refractivity contribution in [1.29, 1.82) is 0 Å². The minimum absolute atomic E-state index is 0.0295. The minimum Gasteiger partial charge on any atom is -0.468 e. The highest BCUT2D eigenvalue weighted by Gasteiger charge is 2.33. The van der Waals surface area contributed by atoms with Crippen LogP contribution in [-0.4, -0.2) is 34.3 Å². The first-order valence-corrected chi connectivity index (χ1v) is 7.89. The van der Waals surface area contributed by atoms with Crippen molar-refractivity contribution in [2.45, 2.75) is 23.8 Å². The monoisotopic (exact) mass is 283 g/mol. The standard InChI is InChI=1S/C13H17NO4S/c1-8-7-14-12(13(15)18-2)9-5-4-6-10(11(8)9)19(3,16)17/h4-6,8,12,14H,7H2,1-3H3. The van der Waals surface area contributed by atoms with Crippen LogP contribution in [0.15, 0.2) is 23.1 Å². The van der Waals surface area contributed by atoms with Gasteiger partial charge in [0, 0.05) is 12.8 Å². The normalized spacial score (nSPS) is 22.7. The van der Waals surface area contributed by atoms with Crippen LogP contribution in [0.1, 0.15) is 30.0 Å². The fraction of sp³-hybridized carbons (Fsp3) is 0.462. The van der Waals surface area contributed by atoms with Crippen LogP contribution in [-0.2, 0) is 19.4 Å². The molecule has 1 aliphatic heterocycles. The molecule has 0 saturated carbocycles. The molecule has 2 unspecified atom stereocenters. The number of ether oxygens (including phenoxy) is 1. The summed E-state index contributed by atoms with van der Waals surface area (Å²) in [4.78, 5) is 12.1. The van der Waals surface area contributed by atoms with Crippen LogP contribution >= 0.6 is 0 Å². The molecule has 0 bridgehead atoms. The third-order valence-electron chi connectivity index (χ3n) is 3.37. The van der Waals surface area contributed by atoms with Crippen molar-refractivity contribution < 1.29 is 17.9 Å². The van der Waals surface area contributed by atoms with E-state index in [4.69, 9.17) is 4.74 Å². The Labute approximate surface area is 112 Å². The van der Waals surface area contributed by atoms with Gasteiger partial charge >= 0.3 is 5.97 Å². The van der Waals surface area contributed by atoms with Gasteiger partial charge in [0.2, 0.25) is 0 Å². The number of rotatable bonds is 2. The molecular formula is C13H17NO4S. The highest BCUT2D eigenvalue weighted by molar-refractivity contribution is 7.90. The van der Waals surface area contributed by atoms with E-state index in [1.807, 2.05) is 6.92 Å². The summed E-state index contributed by atoms with van der Waals surface area (Å²) in [6, 6.07) is 4.42. The molecule has 1 heterocycles. The van der Waals surface area contributed by atoms with E-state index in [-0.39, 0.29) is 5.92 Å². The SMILES string of the molecule is COC(=O)C1NCC(C)c2c1cccc2S(C)(=O)=O. The summed E-state index contributed by atoms with van der Waals surface area (Å²) in [5.41, 5.74) is 1.41. The maximum atomic E-state index is 11.9. The van der Waals surface area contributed by atoms with E-state index in [0.717, 1.165) is 5.56 Å². The van der Waals surface area contributed by atoms with Gasteiger partial charge in [-0.15, -0.1) is 0 Å². The van der Waals surface area contributed by atoms with Crippen LogP contribution < -0.4 is 5.32 Å². The molecular weight excluding hydrogens is 266 g/mol. The zero-order valence-electron chi connectivity index (χ0n) is 11.1. The van der Waals surface area contributed by atoms with Gasteiger partial charge in [0.15, 0.2) is 9.84 Å². The first-order valence-electron chi connectivity index (χ1n) is 6.00. The van der Waals surface area contributed by atoms with E-state index in [0.29, 0.717) is 17.0 Å². The van der Waals surface area contributed by atoms with Crippen LogP contribution in [0, 0.1) is 0 Å². The van der Waals surface area contributed by atoms with Crippen LogP contribution in [0.3, 0.4) is 0 Å². The van der Waals surface area contributed by atoms with Gasteiger partial charge in [-0.05, 0) is 23.1 Å². The van der Waals surface area contributed by atoms with Crippen molar-refractivity contribution in [2.75, 3.05) is 19.9 Å². The van der Waals surface area contributed by atoms with Crippen molar-refractivity contribution in [3.05, 3.63) is 29.3 Å². The average molecular weight is 283 g/mol. The van der Waals surface area contributed by atoms with Gasteiger partial charge < -0.3 is 10.1 Å². The van der Waals surface area contributed by atoms with E-state index in [1.165, 1.54) is 13.4 Å². The summed E-state index contributed by atoms with van der Waals surface area (Å²) in [6.45, 7) is 2.48. The van der Waals surface area contributed by atoms with E-state index < -0.39 is 21.8 Å². The van der Waals surface area contributed by atoms with E-state index in [2.05, 4.69) is 5.32 Å². The molecule has 1 N–H and O–H groups in total. The average Bonchev–Trinajstić information content (AvgIpc) is 2.37. The molecule has 0 spiro atoms. The maximum Gasteiger partial charge on any atom is 0.327 e. The number of hydrogen-bond donors (Lipinski definition) is 1. The Balaban J connectivity index is 2.65. The van der Waals surface area contributed by atoms with Crippen LogP contribution in [0.5, 0.6) is 0 Å². The molecule has 0 saturated heterocycles. The van der Waals surface area contributed by atoms with Crippen molar-refractivity contribution >= 4 is 15.8 Å². The third-order valence-corrected chi connectivity index (χ3v) is 4.52. The Kier molecular flexibility index (Phi) is 3.64. The maximum absolute atomic E-state index is 11.9. The molecule has 19 heavy (non-hydrogen) atoms. The first-order chi connectivity index (χ1) is 8.86. The number of benzene rings is 1. The van der Waals surface area contributed by atoms with Crippen LogP contribution in [0.4, 0.5) is 0 Å². The van der Waals surface area contributed by atoms with Gasteiger partial charge in [0.1, 0.15) is 6.04 Å². The Morgan fingerprint density at radius 3 is 2.68 bits per heavy atom. The molecule has 0 amide bonds. The molecule has 0 fully saturated rings. The lowest BCUT2D eigenvalue weighted by molar-refractivity contribution is -0.143. The Hall–Kier alpha value is -1.40. The molecule has 1 aliphatic rings. The zero-order chi connectivity index (χ0) is 14.2. The number of sulfone groups is 1. The smallest absolute Gasteiger partial charge is 0.327 e. The summed E-state index contributed by atoms with van der Waals surface area (Å²) in [7, 11) is -1.99. The molecule has 6 heteroatoms. The molecule has 2 rings (SSSR count). The van der Waals surface area contributed by atoms with Crippen molar-refractivity contribution in [2.24, 2.45) is 0 Å². The third kappa shape index (κ3) is 2.50. The van der Waals surface area contributed by atoms with E-state index >= 15 is 0 Å². The zero-order valence-corrected chi connectivity index (χ0v) is 12.0. The van der Waals surface area contributed by atoms with Gasteiger partial charge in [-0.3, -0.25) is 0 Å². The summed E-state index contributed by atoms with van der Waals surface area (Å²) in [6.07, 6.45) is 1.19. The number of fused-ring (bicyclic) bond motifs is 1. The van der Waals surface area contributed by atoms with Gasteiger partial charge in [0.25, 0.3) is 0 Å². The predicted octanol–water partition coefficient (Wildman–Crippen LogP) is 1.01. The quantitative estimate of drug-likeness (QED) is 0.820. The molecule has 1 aromatic carbocycles. The van der Waals surface area contributed by atoms with Crippen LogP contribution in [0.25, 0.3) is 0 Å². The van der Waals surface area contributed by atoms with Gasteiger partial charge in [-0.2, -0.15) is 0 Å². The van der Waals surface area contributed by atoms with Crippen LogP contribution in [0.2, 0.25) is 0 Å². The Morgan fingerprint density at radius 1 is 1.42 bits per heavy atom. The van der Waals surface area contributed by atoms with Gasteiger partial charge in [-0.1, -0.05) is 19.1 Å². The van der Waals surface area contributed by atoms with Crippen molar-refractivity contribution in [3.63, 3.8) is 0 Å². The molecule has 1 aromatic rings. The number of carbonyl (C=O) groups is 1. The number of methoxy groups -OCH3 is 1. The van der Waals surface area contributed by atoms with E-state index in [9.17, 15) is 13.2 Å². The van der Waals surface area contributed by atoms with Gasteiger partial charge in [-0.25, -0.2) is 13.2 Å².